The number of aromatic nitrogens is 2. The predicted molar refractivity (Wildman–Crippen MR) is 136 cm³/mol. The molecule has 1 heterocycles. The van der Waals surface area contributed by atoms with Crippen LogP contribution in [0.1, 0.15) is 29.8 Å². The third-order valence-corrected chi connectivity index (χ3v) is 6.76. The zero-order chi connectivity index (χ0) is 25.8. The van der Waals surface area contributed by atoms with Crippen LogP contribution < -0.4 is 25.8 Å². The lowest BCUT2D eigenvalue weighted by molar-refractivity contribution is 0.0999. The molecule has 0 spiro atoms. The zero-order valence-electron chi connectivity index (χ0n) is 19.7. The van der Waals surface area contributed by atoms with Gasteiger partial charge in [0.1, 0.15) is 15.7 Å². The number of benzene rings is 2. The number of anilines is 4. The fraction of sp³-hybridized carbons (Fsp3) is 0.261. The highest BCUT2D eigenvalue weighted by Gasteiger charge is 2.20. The van der Waals surface area contributed by atoms with Gasteiger partial charge in [-0.2, -0.15) is 4.98 Å². The predicted octanol–water partition coefficient (Wildman–Crippen LogP) is 3.97. The summed E-state index contributed by atoms with van der Waals surface area (Å²) in [6, 6.07) is 9.60. The lowest BCUT2D eigenvalue weighted by Gasteiger charge is -2.17. The van der Waals surface area contributed by atoms with E-state index in [9.17, 15) is 13.2 Å². The minimum atomic E-state index is -3.78. The average Bonchev–Trinajstić information content (AvgIpc) is 2.81. The number of rotatable bonds is 10. The van der Waals surface area contributed by atoms with Crippen LogP contribution in [0.5, 0.6) is 5.75 Å². The highest BCUT2D eigenvalue weighted by Crippen LogP contribution is 2.34. The van der Waals surface area contributed by atoms with E-state index in [0.29, 0.717) is 34.8 Å². The Labute approximate surface area is 209 Å². The van der Waals surface area contributed by atoms with Crippen LogP contribution in [0.15, 0.2) is 47.5 Å². The number of hydrogen-bond donors (Lipinski definition) is 4. The van der Waals surface area contributed by atoms with Crippen LogP contribution in [0.4, 0.5) is 23.1 Å². The van der Waals surface area contributed by atoms with Gasteiger partial charge in [-0.3, -0.25) is 4.79 Å². The zero-order valence-corrected chi connectivity index (χ0v) is 21.3. The smallest absolute Gasteiger partial charge is 0.249 e. The largest absolute Gasteiger partial charge is 0.495 e. The molecule has 0 aliphatic rings. The second kappa shape index (κ2) is 10.9. The standard InChI is InChI=1S/C23H27ClN6O4S/c1-13(2)11-27-35(32,33)19-8-6-5-7-17(19)28-22-16(24)12-26-23(30-22)29-20-14(3)15(21(25)31)9-10-18(20)34-4/h5-10,12-13,27H,11H2,1-4H3,(H2,25,31)(H2,26,28,29,30). The molecular weight excluding hydrogens is 492 g/mol. The maximum atomic E-state index is 12.9. The first-order valence-electron chi connectivity index (χ1n) is 10.7. The molecule has 10 nitrogen and oxygen atoms in total. The molecule has 0 aliphatic carbocycles. The van der Waals surface area contributed by atoms with Gasteiger partial charge in [0.25, 0.3) is 0 Å². The van der Waals surface area contributed by atoms with E-state index in [1.807, 2.05) is 13.8 Å². The monoisotopic (exact) mass is 518 g/mol. The Morgan fingerprint density at radius 1 is 1.17 bits per heavy atom. The molecule has 1 aromatic heterocycles. The topological polar surface area (TPSA) is 148 Å². The summed E-state index contributed by atoms with van der Waals surface area (Å²) in [6.07, 6.45) is 1.37. The third kappa shape index (κ3) is 6.18. The molecule has 0 unspecified atom stereocenters. The second-order valence-corrected chi connectivity index (χ2v) is 10.2. The third-order valence-electron chi connectivity index (χ3n) is 5.00. The summed E-state index contributed by atoms with van der Waals surface area (Å²) in [5.41, 5.74) is 7.08. The van der Waals surface area contributed by atoms with E-state index in [-0.39, 0.29) is 27.6 Å². The van der Waals surface area contributed by atoms with Crippen molar-refractivity contribution in [1.29, 1.82) is 0 Å². The molecule has 1 amide bonds. The molecule has 3 aromatic rings. The Morgan fingerprint density at radius 2 is 1.89 bits per heavy atom. The van der Waals surface area contributed by atoms with E-state index >= 15 is 0 Å². The number of hydrogen-bond acceptors (Lipinski definition) is 8. The van der Waals surface area contributed by atoms with Crippen molar-refractivity contribution in [3.05, 3.63) is 58.7 Å². The number of nitrogens with two attached hydrogens (primary N) is 1. The Morgan fingerprint density at radius 3 is 2.54 bits per heavy atom. The number of primary amides is 1. The van der Waals surface area contributed by atoms with Crippen LogP contribution in [0.3, 0.4) is 0 Å². The molecule has 0 bridgehead atoms. The van der Waals surface area contributed by atoms with Gasteiger partial charge >= 0.3 is 0 Å². The maximum Gasteiger partial charge on any atom is 0.249 e. The van der Waals surface area contributed by atoms with Gasteiger partial charge in [0.15, 0.2) is 5.82 Å². The quantitative estimate of drug-likeness (QED) is 0.315. The first kappa shape index (κ1) is 26.2. The van der Waals surface area contributed by atoms with Crippen molar-refractivity contribution in [1.82, 2.24) is 14.7 Å². The SMILES string of the molecule is COc1ccc(C(N)=O)c(C)c1Nc1ncc(Cl)c(Nc2ccccc2S(=O)(=O)NCC(C)C)n1. The summed E-state index contributed by atoms with van der Waals surface area (Å²) in [7, 11) is -2.29. The van der Waals surface area contributed by atoms with Gasteiger partial charge in [0, 0.05) is 12.1 Å². The summed E-state index contributed by atoms with van der Waals surface area (Å²) in [5, 5.41) is 6.19. The second-order valence-electron chi connectivity index (χ2n) is 8.06. The molecule has 0 saturated carbocycles. The first-order chi connectivity index (χ1) is 16.5. The van der Waals surface area contributed by atoms with Crippen LogP contribution in [-0.4, -0.2) is 37.9 Å². The number of para-hydroxylation sites is 1. The van der Waals surface area contributed by atoms with E-state index in [0.717, 1.165) is 0 Å². The summed E-state index contributed by atoms with van der Waals surface area (Å²) in [5.74, 6) is 0.324. The highest BCUT2D eigenvalue weighted by molar-refractivity contribution is 7.89. The van der Waals surface area contributed by atoms with Gasteiger partial charge in [0.2, 0.25) is 21.9 Å². The lowest BCUT2D eigenvalue weighted by atomic mass is 10.1. The summed E-state index contributed by atoms with van der Waals surface area (Å²) >= 11 is 6.31. The molecule has 0 fully saturated rings. The Bertz CT molecular complexity index is 1350. The van der Waals surface area contributed by atoms with E-state index in [2.05, 4.69) is 25.3 Å². The van der Waals surface area contributed by atoms with E-state index in [4.69, 9.17) is 22.1 Å². The molecule has 2 aromatic carbocycles. The van der Waals surface area contributed by atoms with Crippen LogP contribution in [-0.2, 0) is 10.0 Å². The summed E-state index contributed by atoms with van der Waals surface area (Å²) in [6.45, 7) is 5.84. The molecule has 35 heavy (non-hydrogen) atoms. The molecule has 5 N–H and O–H groups in total. The number of amides is 1. The van der Waals surface area contributed by atoms with E-state index < -0.39 is 15.9 Å². The molecule has 0 radical (unpaired) electrons. The normalized spacial score (nSPS) is 11.4. The summed E-state index contributed by atoms with van der Waals surface area (Å²) in [4.78, 5) is 20.4. The number of ether oxygens (including phenoxy) is 1. The Hall–Kier alpha value is -3.41. The van der Waals surface area contributed by atoms with Crippen LogP contribution in [0.2, 0.25) is 5.02 Å². The number of carbonyl (C=O) groups excluding carboxylic acids is 1. The van der Waals surface area contributed by atoms with Crippen molar-refractivity contribution >= 4 is 50.7 Å². The van der Waals surface area contributed by atoms with Crippen LogP contribution in [0, 0.1) is 12.8 Å². The number of nitrogens with one attached hydrogen (secondary N) is 3. The van der Waals surface area contributed by atoms with Crippen LogP contribution in [0.25, 0.3) is 0 Å². The van der Waals surface area contributed by atoms with Gasteiger partial charge < -0.3 is 21.1 Å². The van der Waals surface area contributed by atoms with Crippen molar-refractivity contribution in [2.75, 3.05) is 24.3 Å². The van der Waals surface area contributed by atoms with Crippen molar-refractivity contribution in [2.24, 2.45) is 11.7 Å². The minimum Gasteiger partial charge on any atom is -0.495 e. The van der Waals surface area contributed by atoms with Crippen molar-refractivity contribution < 1.29 is 17.9 Å². The van der Waals surface area contributed by atoms with E-state index in [1.165, 1.54) is 19.4 Å². The summed E-state index contributed by atoms with van der Waals surface area (Å²) < 4.78 is 33.7. The number of halogens is 1. The number of carbonyl (C=O) groups is 1. The highest BCUT2D eigenvalue weighted by atomic mass is 35.5. The average molecular weight is 519 g/mol. The van der Waals surface area contributed by atoms with Gasteiger partial charge in [-0.15, -0.1) is 0 Å². The molecule has 0 aliphatic heterocycles. The van der Waals surface area contributed by atoms with Crippen LogP contribution >= 0.6 is 11.6 Å². The Balaban J connectivity index is 1.96. The molecule has 186 valence electrons. The first-order valence-corrected chi connectivity index (χ1v) is 12.5. The minimum absolute atomic E-state index is 0.0523. The molecular formula is C23H27ClN6O4S. The number of methoxy groups -OCH3 is 1. The van der Waals surface area contributed by atoms with Crippen molar-refractivity contribution in [3.8, 4) is 5.75 Å². The van der Waals surface area contributed by atoms with Gasteiger partial charge in [0.05, 0.1) is 24.7 Å². The number of sulfonamides is 1. The lowest BCUT2D eigenvalue weighted by Crippen LogP contribution is -2.28. The molecule has 0 saturated heterocycles. The van der Waals surface area contributed by atoms with E-state index in [1.54, 1.807) is 37.3 Å². The van der Waals surface area contributed by atoms with Crippen molar-refractivity contribution in [2.45, 2.75) is 25.7 Å². The molecule has 3 rings (SSSR count). The number of nitrogens with zero attached hydrogens (tertiary/aromatic N) is 2. The van der Waals surface area contributed by atoms with Crippen molar-refractivity contribution in [3.63, 3.8) is 0 Å². The van der Waals surface area contributed by atoms with Gasteiger partial charge in [-0.25, -0.2) is 18.1 Å². The van der Waals surface area contributed by atoms with Gasteiger partial charge in [-0.05, 0) is 42.7 Å². The van der Waals surface area contributed by atoms with Gasteiger partial charge in [-0.1, -0.05) is 37.6 Å². The molecule has 12 heteroatoms. The molecule has 0 atom stereocenters. The fourth-order valence-corrected chi connectivity index (χ4v) is 4.70. The maximum absolute atomic E-state index is 12.9. The Kier molecular flexibility index (Phi) is 8.15. The fourth-order valence-electron chi connectivity index (χ4n) is 3.19.